The quantitative estimate of drug-likeness (QED) is 0.606. The van der Waals surface area contributed by atoms with Crippen molar-refractivity contribution in [2.45, 2.75) is 26.3 Å². The zero-order valence-corrected chi connectivity index (χ0v) is 11.0. The molecule has 1 rings (SSSR count). The number of aliphatic hydroxyl groups is 1. The molecular weight excluding hydrogens is 246 g/mol. The van der Waals surface area contributed by atoms with Gasteiger partial charge >= 0.3 is 0 Å². The third-order valence-corrected chi connectivity index (χ3v) is 3.19. The van der Waals surface area contributed by atoms with Crippen LogP contribution >= 0.6 is 0 Å². The molecule has 0 bridgehead atoms. The van der Waals surface area contributed by atoms with E-state index >= 15 is 0 Å². The topological polar surface area (TPSA) is 99.2 Å². The Balaban J connectivity index is 2.97. The van der Waals surface area contributed by atoms with Gasteiger partial charge in [0, 0.05) is 11.8 Å². The molecular formula is C13H17N3O3. The van der Waals surface area contributed by atoms with Gasteiger partial charge < -0.3 is 10.4 Å². The van der Waals surface area contributed by atoms with Crippen LogP contribution in [0.3, 0.4) is 0 Å². The highest BCUT2D eigenvalue weighted by Gasteiger charge is 2.17. The number of nitriles is 1. The van der Waals surface area contributed by atoms with Crippen molar-refractivity contribution in [3.05, 3.63) is 33.9 Å². The van der Waals surface area contributed by atoms with Crippen LogP contribution in [0.15, 0.2) is 18.2 Å². The summed E-state index contributed by atoms with van der Waals surface area (Å²) in [5.41, 5.74) is 0.398. The van der Waals surface area contributed by atoms with Gasteiger partial charge in [-0.25, -0.2) is 0 Å². The van der Waals surface area contributed by atoms with Crippen molar-refractivity contribution >= 4 is 11.4 Å². The molecule has 0 aliphatic carbocycles. The summed E-state index contributed by atoms with van der Waals surface area (Å²) in [5, 5.41) is 32.0. The number of hydrogen-bond acceptors (Lipinski definition) is 5. The number of nitrogens with one attached hydrogen (secondary N) is 1. The molecule has 0 spiro atoms. The highest BCUT2D eigenvalue weighted by atomic mass is 16.6. The molecule has 0 aliphatic rings. The molecule has 2 N–H and O–H groups in total. The molecule has 0 aliphatic heterocycles. The molecule has 0 saturated carbocycles. The summed E-state index contributed by atoms with van der Waals surface area (Å²) < 4.78 is 0. The number of nitro benzene ring substituents is 1. The van der Waals surface area contributed by atoms with Crippen LogP contribution < -0.4 is 5.32 Å². The lowest BCUT2D eigenvalue weighted by atomic mass is 9.99. The number of nitrogens with zero attached hydrogens (tertiary/aromatic N) is 2. The molecule has 19 heavy (non-hydrogen) atoms. The second-order valence-electron chi connectivity index (χ2n) is 4.42. The van der Waals surface area contributed by atoms with E-state index in [1.54, 1.807) is 6.07 Å². The van der Waals surface area contributed by atoms with Gasteiger partial charge in [0.1, 0.15) is 11.6 Å². The summed E-state index contributed by atoms with van der Waals surface area (Å²) in [7, 11) is 0. The Morgan fingerprint density at radius 2 is 2.26 bits per heavy atom. The largest absolute Gasteiger partial charge is 0.394 e. The van der Waals surface area contributed by atoms with Gasteiger partial charge in [0.2, 0.25) is 0 Å². The van der Waals surface area contributed by atoms with E-state index in [0.717, 1.165) is 6.42 Å². The first-order valence-corrected chi connectivity index (χ1v) is 6.09. The van der Waals surface area contributed by atoms with Crippen molar-refractivity contribution < 1.29 is 10.0 Å². The first-order chi connectivity index (χ1) is 9.03. The highest BCUT2D eigenvalue weighted by molar-refractivity contribution is 5.59. The molecule has 1 aromatic carbocycles. The van der Waals surface area contributed by atoms with Gasteiger partial charge in [-0.15, -0.1) is 0 Å². The fourth-order valence-corrected chi connectivity index (χ4v) is 1.74. The molecule has 0 radical (unpaired) electrons. The van der Waals surface area contributed by atoms with Crippen LogP contribution in [0.2, 0.25) is 0 Å². The molecule has 0 fully saturated rings. The smallest absolute Gasteiger partial charge is 0.287 e. The Kier molecular flexibility index (Phi) is 5.27. The number of aliphatic hydroxyl groups excluding tert-OH is 1. The standard InChI is InChI=1S/C13H17N3O3/c1-3-9(2)12(8-17)15-11-4-5-13(16(18)19)10(6-11)7-14/h4-6,9,12,15,17H,3,8H2,1-2H3/t9-,12+/m1/s1. The van der Waals surface area contributed by atoms with Crippen molar-refractivity contribution in [2.24, 2.45) is 5.92 Å². The molecule has 0 unspecified atom stereocenters. The minimum Gasteiger partial charge on any atom is -0.394 e. The lowest BCUT2D eigenvalue weighted by Gasteiger charge is -2.23. The average molecular weight is 263 g/mol. The predicted octanol–water partition coefficient (Wildman–Crippen LogP) is 2.29. The zero-order chi connectivity index (χ0) is 14.4. The lowest BCUT2D eigenvalue weighted by Crippen LogP contribution is -2.30. The molecule has 6 heteroatoms. The van der Waals surface area contributed by atoms with Crippen molar-refractivity contribution in [3.63, 3.8) is 0 Å². The molecule has 0 aromatic heterocycles. The molecule has 0 amide bonds. The first-order valence-electron chi connectivity index (χ1n) is 6.09. The summed E-state index contributed by atoms with van der Waals surface area (Å²) in [4.78, 5) is 10.1. The van der Waals surface area contributed by atoms with Gasteiger partial charge in [-0.05, 0) is 18.1 Å². The van der Waals surface area contributed by atoms with Gasteiger partial charge in [-0.1, -0.05) is 20.3 Å². The van der Waals surface area contributed by atoms with Crippen LogP contribution in [0.1, 0.15) is 25.8 Å². The minimum absolute atomic E-state index is 0.0100. The van der Waals surface area contributed by atoms with Gasteiger partial charge in [0.15, 0.2) is 0 Å². The second kappa shape index (κ2) is 6.71. The van der Waals surface area contributed by atoms with E-state index in [0.29, 0.717) is 5.69 Å². The Morgan fingerprint density at radius 3 is 2.74 bits per heavy atom. The van der Waals surface area contributed by atoms with E-state index in [-0.39, 0.29) is 29.8 Å². The van der Waals surface area contributed by atoms with Gasteiger partial charge in [-0.3, -0.25) is 10.1 Å². The van der Waals surface area contributed by atoms with Crippen LogP contribution in [0.5, 0.6) is 0 Å². The molecule has 0 saturated heterocycles. The fourth-order valence-electron chi connectivity index (χ4n) is 1.74. The monoisotopic (exact) mass is 263 g/mol. The maximum atomic E-state index is 10.7. The molecule has 6 nitrogen and oxygen atoms in total. The van der Waals surface area contributed by atoms with E-state index in [4.69, 9.17) is 5.26 Å². The Labute approximate surface area is 111 Å². The lowest BCUT2D eigenvalue weighted by molar-refractivity contribution is -0.385. The van der Waals surface area contributed by atoms with Crippen LogP contribution in [-0.4, -0.2) is 22.7 Å². The normalized spacial score (nSPS) is 13.4. The minimum atomic E-state index is -0.583. The zero-order valence-electron chi connectivity index (χ0n) is 11.0. The maximum Gasteiger partial charge on any atom is 0.287 e. The Morgan fingerprint density at radius 1 is 1.58 bits per heavy atom. The molecule has 1 aromatic rings. The summed E-state index contributed by atoms with van der Waals surface area (Å²) >= 11 is 0. The van der Waals surface area contributed by atoms with Gasteiger partial charge in [0.05, 0.1) is 17.6 Å². The Hall–Kier alpha value is -2.13. The number of nitro groups is 1. The van der Waals surface area contributed by atoms with Crippen LogP contribution in [0.25, 0.3) is 0 Å². The molecule has 102 valence electrons. The van der Waals surface area contributed by atoms with E-state index in [2.05, 4.69) is 5.32 Å². The summed E-state index contributed by atoms with van der Waals surface area (Å²) in [6, 6.07) is 5.94. The Bertz CT molecular complexity index is 496. The highest BCUT2D eigenvalue weighted by Crippen LogP contribution is 2.23. The van der Waals surface area contributed by atoms with E-state index in [1.807, 2.05) is 19.9 Å². The average Bonchev–Trinajstić information content (AvgIpc) is 2.43. The fraction of sp³-hybridized carbons (Fsp3) is 0.462. The van der Waals surface area contributed by atoms with Crippen LogP contribution in [0.4, 0.5) is 11.4 Å². The van der Waals surface area contributed by atoms with E-state index < -0.39 is 4.92 Å². The number of hydrogen-bond donors (Lipinski definition) is 2. The van der Waals surface area contributed by atoms with Crippen LogP contribution in [-0.2, 0) is 0 Å². The first kappa shape index (κ1) is 14.9. The number of anilines is 1. The number of rotatable bonds is 6. The predicted molar refractivity (Wildman–Crippen MR) is 71.8 cm³/mol. The van der Waals surface area contributed by atoms with Crippen molar-refractivity contribution in [3.8, 4) is 6.07 Å². The third kappa shape index (κ3) is 3.66. The summed E-state index contributed by atoms with van der Waals surface area (Å²) in [6.45, 7) is 3.99. The van der Waals surface area contributed by atoms with Crippen molar-refractivity contribution in [1.29, 1.82) is 5.26 Å². The van der Waals surface area contributed by atoms with E-state index in [9.17, 15) is 15.2 Å². The van der Waals surface area contributed by atoms with Gasteiger partial charge in [-0.2, -0.15) is 5.26 Å². The van der Waals surface area contributed by atoms with E-state index in [1.165, 1.54) is 12.1 Å². The van der Waals surface area contributed by atoms with Crippen molar-refractivity contribution in [1.82, 2.24) is 0 Å². The maximum absolute atomic E-state index is 10.7. The summed E-state index contributed by atoms with van der Waals surface area (Å²) in [6.07, 6.45) is 0.899. The van der Waals surface area contributed by atoms with Crippen LogP contribution in [0, 0.1) is 27.4 Å². The molecule has 2 atom stereocenters. The SMILES string of the molecule is CC[C@@H](C)[C@H](CO)Nc1ccc([N+](=O)[O-])c(C#N)c1. The molecule has 0 heterocycles. The summed E-state index contributed by atoms with van der Waals surface area (Å²) in [5.74, 6) is 0.255. The van der Waals surface area contributed by atoms with Crippen molar-refractivity contribution in [2.75, 3.05) is 11.9 Å². The third-order valence-electron chi connectivity index (χ3n) is 3.19. The second-order valence-corrected chi connectivity index (χ2v) is 4.42. The number of benzene rings is 1. The van der Waals surface area contributed by atoms with Gasteiger partial charge in [0.25, 0.3) is 5.69 Å².